The molecule has 0 aliphatic heterocycles. The molecule has 0 aliphatic carbocycles. The van der Waals surface area contributed by atoms with Gasteiger partial charge in [0, 0.05) is 29.0 Å². The molecule has 0 heterocycles. The Hall–Kier alpha value is -0.540. The van der Waals surface area contributed by atoms with Crippen LogP contribution >= 0.6 is 27.5 Å². The first-order valence-electron chi connectivity index (χ1n) is 5.27. The van der Waals surface area contributed by atoms with Crippen molar-refractivity contribution >= 4 is 33.4 Å². The molecule has 2 nitrogen and oxygen atoms in total. The van der Waals surface area contributed by atoms with Crippen LogP contribution in [0.4, 0.5) is 0 Å². The molecule has 0 saturated heterocycles. The van der Waals surface area contributed by atoms with Crippen molar-refractivity contribution < 1.29 is 4.79 Å². The molecule has 4 heteroatoms. The van der Waals surface area contributed by atoms with Gasteiger partial charge < -0.3 is 4.90 Å². The predicted molar refractivity (Wildman–Crippen MR) is 71.3 cm³/mol. The van der Waals surface area contributed by atoms with Gasteiger partial charge in [0.25, 0.3) is 5.91 Å². The van der Waals surface area contributed by atoms with Crippen molar-refractivity contribution in [1.29, 1.82) is 0 Å². The first-order valence-corrected chi connectivity index (χ1v) is 6.77. The highest BCUT2D eigenvalue weighted by Crippen LogP contribution is 2.18. The monoisotopic (exact) mass is 303 g/mol. The van der Waals surface area contributed by atoms with Crippen molar-refractivity contribution in [3.63, 3.8) is 0 Å². The molecule has 0 atom stereocenters. The lowest BCUT2D eigenvalue weighted by Gasteiger charge is -2.19. The van der Waals surface area contributed by atoms with Crippen LogP contribution in [0.15, 0.2) is 18.2 Å². The van der Waals surface area contributed by atoms with E-state index in [1.807, 2.05) is 26.0 Å². The summed E-state index contributed by atoms with van der Waals surface area (Å²) in [6.07, 6.45) is 0. The molecule has 0 radical (unpaired) electrons. The second kappa shape index (κ2) is 6.26. The SMILES string of the molecule is CCN(CC)C(=O)c1cc(Cl)cc(CBr)c1. The van der Waals surface area contributed by atoms with Crippen LogP contribution in [0.1, 0.15) is 29.8 Å². The van der Waals surface area contributed by atoms with Crippen LogP contribution in [0.2, 0.25) is 5.02 Å². The summed E-state index contributed by atoms with van der Waals surface area (Å²) < 4.78 is 0. The number of halogens is 2. The van der Waals surface area contributed by atoms with E-state index in [0.29, 0.717) is 29.0 Å². The van der Waals surface area contributed by atoms with Gasteiger partial charge in [0.2, 0.25) is 0 Å². The Balaban J connectivity index is 3.03. The molecule has 0 N–H and O–H groups in total. The summed E-state index contributed by atoms with van der Waals surface area (Å²) in [5.41, 5.74) is 1.67. The van der Waals surface area contributed by atoms with Gasteiger partial charge in [0.15, 0.2) is 0 Å². The molecule has 0 fully saturated rings. The Kier molecular flexibility index (Phi) is 5.29. The van der Waals surface area contributed by atoms with Crippen LogP contribution in [0.3, 0.4) is 0 Å². The number of nitrogens with zero attached hydrogens (tertiary/aromatic N) is 1. The molecule has 0 unspecified atom stereocenters. The zero-order chi connectivity index (χ0) is 12.1. The van der Waals surface area contributed by atoms with E-state index < -0.39 is 0 Å². The fourth-order valence-electron chi connectivity index (χ4n) is 1.54. The summed E-state index contributed by atoms with van der Waals surface area (Å²) in [6.45, 7) is 5.37. The number of benzene rings is 1. The minimum atomic E-state index is 0.0368. The van der Waals surface area contributed by atoms with E-state index >= 15 is 0 Å². The lowest BCUT2D eigenvalue weighted by atomic mass is 10.1. The molecular weight excluding hydrogens is 289 g/mol. The second-order valence-corrected chi connectivity index (χ2v) is 4.46. The molecule has 1 rings (SSSR count). The van der Waals surface area contributed by atoms with E-state index in [2.05, 4.69) is 15.9 Å². The van der Waals surface area contributed by atoms with Crippen molar-refractivity contribution in [2.24, 2.45) is 0 Å². The van der Waals surface area contributed by atoms with Crippen LogP contribution in [-0.2, 0) is 5.33 Å². The maximum Gasteiger partial charge on any atom is 0.253 e. The Labute approximate surface area is 110 Å². The fraction of sp³-hybridized carbons (Fsp3) is 0.417. The highest BCUT2D eigenvalue weighted by molar-refractivity contribution is 9.08. The predicted octanol–water partition coefficient (Wildman–Crippen LogP) is 3.72. The lowest BCUT2D eigenvalue weighted by molar-refractivity contribution is 0.0773. The fourth-order valence-corrected chi connectivity index (χ4v) is 2.13. The standard InChI is InChI=1S/C12H15BrClNO/c1-3-15(4-2)12(16)10-5-9(8-13)6-11(14)7-10/h5-7H,3-4,8H2,1-2H3. The van der Waals surface area contributed by atoms with E-state index in [9.17, 15) is 4.79 Å². The molecule has 0 spiro atoms. The molecule has 0 aliphatic rings. The van der Waals surface area contributed by atoms with Crippen LogP contribution < -0.4 is 0 Å². The van der Waals surface area contributed by atoms with E-state index in [1.165, 1.54) is 0 Å². The van der Waals surface area contributed by atoms with Gasteiger partial charge in [-0.15, -0.1) is 0 Å². The maximum absolute atomic E-state index is 12.1. The molecule has 1 aromatic carbocycles. The van der Waals surface area contributed by atoms with Gasteiger partial charge in [0.05, 0.1) is 0 Å². The van der Waals surface area contributed by atoms with Crippen molar-refractivity contribution in [2.75, 3.05) is 13.1 Å². The summed E-state index contributed by atoms with van der Waals surface area (Å²) in [5.74, 6) is 0.0368. The molecule has 0 saturated carbocycles. The number of rotatable bonds is 4. The number of hydrogen-bond acceptors (Lipinski definition) is 1. The second-order valence-electron chi connectivity index (χ2n) is 3.46. The summed E-state index contributed by atoms with van der Waals surface area (Å²) in [4.78, 5) is 13.9. The normalized spacial score (nSPS) is 10.2. The molecule has 0 bridgehead atoms. The zero-order valence-corrected chi connectivity index (χ0v) is 11.8. The van der Waals surface area contributed by atoms with Gasteiger partial charge in [-0.05, 0) is 37.6 Å². The molecule has 88 valence electrons. The molecule has 16 heavy (non-hydrogen) atoms. The average Bonchev–Trinajstić information content (AvgIpc) is 2.29. The van der Waals surface area contributed by atoms with E-state index in [-0.39, 0.29) is 5.91 Å². The highest BCUT2D eigenvalue weighted by Gasteiger charge is 2.13. The zero-order valence-electron chi connectivity index (χ0n) is 9.46. The van der Waals surface area contributed by atoms with Crippen LogP contribution in [0, 0.1) is 0 Å². The number of carbonyl (C=O) groups excluding carboxylic acids is 1. The largest absolute Gasteiger partial charge is 0.339 e. The van der Waals surface area contributed by atoms with Gasteiger partial charge in [-0.1, -0.05) is 27.5 Å². The van der Waals surface area contributed by atoms with Crippen LogP contribution in [-0.4, -0.2) is 23.9 Å². The van der Waals surface area contributed by atoms with Crippen molar-refractivity contribution in [3.05, 3.63) is 34.3 Å². The summed E-state index contributed by atoms with van der Waals surface area (Å²) in [7, 11) is 0. The van der Waals surface area contributed by atoms with Gasteiger partial charge >= 0.3 is 0 Å². The van der Waals surface area contributed by atoms with Crippen molar-refractivity contribution in [2.45, 2.75) is 19.2 Å². The van der Waals surface area contributed by atoms with Gasteiger partial charge in [-0.25, -0.2) is 0 Å². The smallest absolute Gasteiger partial charge is 0.253 e. The number of hydrogen-bond donors (Lipinski definition) is 0. The van der Waals surface area contributed by atoms with Gasteiger partial charge in [-0.2, -0.15) is 0 Å². The van der Waals surface area contributed by atoms with Crippen molar-refractivity contribution in [1.82, 2.24) is 4.90 Å². The summed E-state index contributed by atoms with van der Waals surface area (Å²) >= 11 is 9.33. The summed E-state index contributed by atoms with van der Waals surface area (Å²) in [5, 5.41) is 1.30. The van der Waals surface area contributed by atoms with Gasteiger partial charge in [0.1, 0.15) is 0 Å². The third-order valence-electron chi connectivity index (χ3n) is 2.41. The summed E-state index contributed by atoms with van der Waals surface area (Å²) in [6, 6.07) is 5.45. The van der Waals surface area contributed by atoms with Crippen LogP contribution in [0.5, 0.6) is 0 Å². The Morgan fingerprint density at radius 2 is 1.94 bits per heavy atom. The first kappa shape index (κ1) is 13.5. The molecule has 1 amide bonds. The Morgan fingerprint density at radius 1 is 1.31 bits per heavy atom. The Bertz CT molecular complexity index is 377. The Morgan fingerprint density at radius 3 is 2.44 bits per heavy atom. The molecule has 1 aromatic rings. The van der Waals surface area contributed by atoms with E-state index in [4.69, 9.17) is 11.6 Å². The number of alkyl halides is 1. The average molecular weight is 305 g/mol. The van der Waals surface area contributed by atoms with Crippen molar-refractivity contribution in [3.8, 4) is 0 Å². The number of carbonyl (C=O) groups is 1. The quantitative estimate of drug-likeness (QED) is 0.776. The van der Waals surface area contributed by atoms with Crippen LogP contribution in [0.25, 0.3) is 0 Å². The third kappa shape index (κ3) is 3.22. The first-order chi connectivity index (χ1) is 7.62. The molecule has 0 aromatic heterocycles. The highest BCUT2D eigenvalue weighted by atomic mass is 79.9. The number of amides is 1. The minimum absolute atomic E-state index is 0.0368. The van der Waals surface area contributed by atoms with E-state index in [1.54, 1.807) is 11.0 Å². The maximum atomic E-state index is 12.1. The topological polar surface area (TPSA) is 20.3 Å². The van der Waals surface area contributed by atoms with E-state index in [0.717, 1.165) is 5.56 Å². The lowest BCUT2D eigenvalue weighted by Crippen LogP contribution is -2.30. The third-order valence-corrected chi connectivity index (χ3v) is 3.28. The van der Waals surface area contributed by atoms with Gasteiger partial charge in [-0.3, -0.25) is 4.79 Å². The molecular formula is C12H15BrClNO. The minimum Gasteiger partial charge on any atom is -0.339 e.